The fraction of sp³-hybridized carbons (Fsp3) is 0.333. The molecular formula is C24H25N3O2. The molecule has 1 saturated carbocycles. The van der Waals surface area contributed by atoms with Gasteiger partial charge in [0.05, 0.1) is 5.92 Å². The highest BCUT2D eigenvalue weighted by Gasteiger charge is 2.43. The highest BCUT2D eigenvalue weighted by molar-refractivity contribution is 6.14. The summed E-state index contributed by atoms with van der Waals surface area (Å²) >= 11 is 0. The van der Waals surface area contributed by atoms with Crippen LogP contribution in [0.2, 0.25) is 0 Å². The fourth-order valence-corrected chi connectivity index (χ4v) is 4.48. The average molecular weight is 387 g/mol. The van der Waals surface area contributed by atoms with Crippen LogP contribution in [0.4, 0.5) is 5.82 Å². The van der Waals surface area contributed by atoms with Crippen molar-refractivity contribution in [1.29, 1.82) is 0 Å². The van der Waals surface area contributed by atoms with Gasteiger partial charge >= 0.3 is 0 Å². The van der Waals surface area contributed by atoms with Crippen LogP contribution in [0.1, 0.15) is 48.9 Å². The summed E-state index contributed by atoms with van der Waals surface area (Å²) in [7, 11) is 0. The number of aryl methyl sites for hydroxylation is 2. The number of nitrogens with one attached hydrogen (secondary N) is 1. The predicted octanol–water partition coefficient (Wildman–Crippen LogP) is 4.52. The van der Waals surface area contributed by atoms with E-state index in [1.165, 1.54) is 0 Å². The number of rotatable bonds is 3. The van der Waals surface area contributed by atoms with Gasteiger partial charge < -0.3 is 5.32 Å². The van der Waals surface area contributed by atoms with E-state index in [9.17, 15) is 9.59 Å². The summed E-state index contributed by atoms with van der Waals surface area (Å²) in [6.07, 6.45) is 2.18. The molecule has 2 heterocycles. The lowest BCUT2D eigenvalue weighted by atomic mass is 9.68. The molecule has 1 unspecified atom stereocenters. The maximum Gasteiger partial charge on any atom is 0.255 e. The van der Waals surface area contributed by atoms with Crippen LogP contribution in [0.5, 0.6) is 0 Å². The van der Waals surface area contributed by atoms with Gasteiger partial charge in [0, 0.05) is 35.0 Å². The number of fused-ring (bicyclic) bond motifs is 1. The van der Waals surface area contributed by atoms with E-state index < -0.39 is 0 Å². The molecule has 0 radical (unpaired) electrons. The van der Waals surface area contributed by atoms with E-state index in [-0.39, 0.29) is 23.5 Å². The highest BCUT2D eigenvalue weighted by Crippen LogP contribution is 2.43. The van der Waals surface area contributed by atoms with Crippen LogP contribution < -0.4 is 5.32 Å². The zero-order valence-electron chi connectivity index (χ0n) is 17.0. The van der Waals surface area contributed by atoms with E-state index in [1.54, 1.807) is 6.07 Å². The smallest absolute Gasteiger partial charge is 0.255 e. The Morgan fingerprint density at radius 2 is 1.79 bits per heavy atom. The first-order chi connectivity index (χ1) is 14.0. The number of aromatic nitrogens is 1. The number of aliphatic imine (C=N–C) groups is 1. The zero-order chi connectivity index (χ0) is 20.5. The third-order valence-corrected chi connectivity index (χ3v) is 5.81. The minimum absolute atomic E-state index is 0.176. The minimum Gasteiger partial charge on any atom is -0.307 e. The minimum atomic E-state index is -0.361. The Balaban J connectivity index is 1.81. The van der Waals surface area contributed by atoms with Crippen molar-refractivity contribution in [3.8, 4) is 0 Å². The third kappa shape index (κ3) is 3.65. The Morgan fingerprint density at radius 1 is 1.00 bits per heavy atom. The lowest BCUT2D eigenvalue weighted by Gasteiger charge is -2.36. The standard InChI is InChI=1S/C24H25N3O2/c1-14-8-4-5-10-17(14)22-21(24(29)27-20-13-6-9-15(2)25-20)16(3)26-18-11-7-12-19(28)23(18)22/h4-6,8-10,13,22-23H,7,11-12H2,1-3H3,(H,25,27,29)/t22-,23?/m0/s1. The number of hydrogen-bond donors (Lipinski definition) is 1. The molecule has 0 spiro atoms. The molecule has 1 amide bonds. The molecule has 5 heteroatoms. The van der Waals surface area contributed by atoms with Crippen molar-refractivity contribution in [1.82, 2.24) is 4.98 Å². The number of amides is 1. The van der Waals surface area contributed by atoms with Crippen molar-refractivity contribution in [2.24, 2.45) is 10.9 Å². The van der Waals surface area contributed by atoms with Gasteiger partial charge in [-0.3, -0.25) is 14.6 Å². The van der Waals surface area contributed by atoms with E-state index >= 15 is 0 Å². The normalized spacial score (nSPS) is 21.5. The highest BCUT2D eigenvalue weighted by atomic mass is 16.2. The van der Waals surface area contributed by atoms with Crippen LogP contribution in [-0.2, 0) is 9.59 Å². The summed E-state index contributed by atoms with van der Waals surface area (Å²) < 4.78 is 0. The number of benzene rings is 1. The van der Waals surface area contributed by atoms with Crippen molar-refractivity contribution in [3.05, 3.63) is 70.6 Å². The fourth-order valence-electron chi connectivity index (χ4n) is 4.48. The summed E-state index contributed by atoms with van der Waals surface area (Å²) in [5.41, 5.74) is 5.08. The molecule has 1 fully saturated rings. The molecule has 1 aromatic carbocycles. The molecule has 1 aliphatic heterocycles. The number of carbonyl (C=O) groups is 2. The summed E-state index contributed by atoms with van der Waals surface area (Å²) in [6.45, 7) is 5.78. The van der Waals surface area contributed by atoms with Gasteiger partial charge in [0.1, 0.15) is 11.6 Å². The van der Waals surface area contributed by atoms with Gasteiger partial charge in [0.15, 0.2) is 0 Å². The van der Waals surface area contributed by atoms with Crippen LogP contribution in [0, 0.1) is 19.8 Å². The van der Waals surface area contributed by atoms with Crippen LogP contribution in [0.15, 0.2) is 58.7 Å². The molecule has 29 heavy (non-hydrogen) atoms. The van der Waals surface area contributed by atoms with Crippen LogP contribution in [0.25, 0.3) is 0 Å². The summed E-state index contributed by atoms with van der Waals surface area (Å²) in [5.74, 6) is -0.241. The number of carbonyl (C=O) groups excluding carboxylic acids is 2. The molecule has 2 atom stereocenters. The third-order valence-electron chi connectivity index (χ3n) is 5.81. The molecule has 0 saturated heterocycles. The van der Waals surface area contributed by atoms with E-state index in [0.29, 0.717) is 23.5 Å². The average Bonchev–Trinajstić information content (AvgIpc) is 2.67. The molecule has 2 aromatic rings. The van der Waals surface area contributed by atoms with Crippen molar-refractivity contribution >= 4 is 23.2 Å². The first kappa shape index (κ1) is 19.2. The van der Waals surface area contributed by atoms with Gasteiger partial charge in [0.25, 0.3) is 5.91 Å². The van der Waals surface area contributed by atoms with Crippen LogP contribution in [0.3, 0.4) is 0 Å². The number of allylic oxidation sites excluding steroid dienone is 1. The lowest BCUT2D eigenvalue weighted by molar-refractivity contribution is -0.122. The Labute approximate surface area is 171 Å². The first-order valence-corrected chi connectivity index (χ1v) is 10.1. The summed E-state index contributed by atoms with van der Waals surface area (Å²) in [5, 5.41) is 2.92. The molecular weight excluding hydrogens is 362 g/mol. The van der Waals surface area contributed by atoms with E-state index in [4.69, 9.17) is 4.99 Å². The second-order valence-electron chi connectivity index (χ2n) is 7.85. The SMILES string of the molecule is CC1=C(C(=O)Nc2cccc(C)n2)[C@H](c2ccccc2C)C2C(=O)CCCC2=N1. The largest absolute Gasteiger partial charge is 0.307 e. The van der Waals surface area contributed by atoms with Gasteiger partial charge in [-0.15, -0.1) is 0 Å². The number of hydrogen-bond acceptors (Lipinski definition) is 4. The second-order valence-corrected chi connectivity index (χ2v) is 7.85. The number of nitrogens with zero attached hydrogens (tertiary/aromatic N) is 2. The van der Waals surface area contributed by atoms with Crippen molar-refractivity contribution < 1.29 is 9.59 Å². The van der Waals surface area contributed by atoms with Gasteiger partial charge in [-0.1, -0.05) is 30.3 Å². The Bertz CT molecular complexity index is 1050. The van der Waals surface area contributed by atoms with Crippen LogP contribution >= 0.6 is 0 Å². The van der Waals surface area contributed by atoms with Gasteiger partial charge in [-0.25, -0.2) is 4.98 Å². The molecule has 1 N–H and O–H groups in total. The summed E-state index contributed by atoms with van der Waals surface area (Å²) in [6, 6.07) is 13.5. The maximum absolute atomic E-state index is 13.4. The Morgan fingerprint density at radius 3 is 2.55 bits per heavy atom. The van der Waals surface area contributed by atoms with Gasteiger partial charge in [0.2, 0.25) is 0 Å². The van der Waals surface area contributed by atoms with E-state index in [0.717, 1.165) is 35.4 Å². The van der Waals surface area contributed by atoms with Crippen molar-refractivity contribution in [2.75, 3.05) is 5.32 Å². The molecule has 2 aliphatic rings. The monoisotopic (exact) mass is 387 g/mol. The van der Waals surface area contributed by atoms with Crippen molar-refractivity contribution in [3.63, 3.8) is 0 Å². The molecule has 0 bridgehead atoms. The predicted molar refractivity (Wildman–Crippen MR) is 114 cm³/mol. The summed E-state index contributed by atoms with van der Waals surface area (Å²) in [4.78, 5) is 35.4. The Kier molecular flexibility index (Phi) is 5.14. The Hall–Kier alpha value is -3.08. The van der Waals surface area contributed by atoms with Gasteiger partial charge in [-0.2, -0.15) is 0 Å². The zero-order valence-corrected chi connectivity index (χ0v) is 17.0. The van der Waals surface area contributed by atoms with E-state index in [2.05, 4.69) is 10.3 Å². The molecule has 4 rings (SSSR count). The topological polar surface area (TPSA) is 71.4 Å². The maximum atomic E-state index is 13.4. The number of anilines is 1. The number of ketones is 1. The van der Waals surface area contributed by atoms with Gasteiger partial charge in [-0.05, 0) is 56.9 Å². The molecule has 5 nitrogen and oxygen atoms in total. The van der Waals surface area contributed by atoms with E-state index in [1.807, 2.05) is 57.2 Å². The van der Waals surface area contributed by atoms with Crippen LogP contribution in [-0.4, -0.2) is 22.4 Å². The second kappa shape index (κ2) is 7.74. The lowest BCUT2D eigenvalue weighted by Crippen LogP contribution is -2.40. The molecule has 148 valence electrons. The first-order valence-electron chi connectivity index (χ1n) is 10.1. The number of Topliss-reactive ketones (excluding diaryl/α,β-unsaturated/α-hetero) is 1. The molecule has 1 aliphatic carbocycles. The number of pyridine rings is 1. The quantitative estimate of drug-likeness (QED) is 0.842. The molecule has 1 aromatic heterocycles. The van der Waals surface area contributed by atoms with Crippen molar-refractivity contribution in [2.45, 2.75) is 46.0 Å².